The molecule has 0 saturated carbocycles. The predicted molar refractivity (Wildman–Crippen MR) is 169 cm³/mol. The highest BCUT2D eigenvalue weighted by Crippen LogP contribution is 2.63. The molecule has 3 fully saturated rings. The highest BCUT2D eigenvalue weighted by molar-refractivity contribution is 8.54. The minimum absolute atomic E-state index is 0.0513. The fraction of sp³-hybridized carbons (Fsp3) is 0.583. The molecule has 7 rings (SSSR count). The molecule has 0 aromatic carbocycles. The lowest BCUT2D eigenvalue weighted by atomic mass is 10.1. The minimum atomic E-state index is -4.25. The Morgan fingerprint density at radius 3 is 2.46 bits per heavy atom. The van der Waals surface area contributed by atoms with Gasteiger partial charge < -0.3 is 29.5 Å². The number of ether oxygens (including phenoxy) is 3. The van der Waals surface area contributed by atoms with Gasteiger partial charge in [0.05, 0.1) is 31.4 Å². The Balaban J connectivity index is 1.23. The molecule has 0 spiro atoms. The first-order chi connectivity index (χ1) is 22.9. The summed E-state index contributed by atoms with van der Waals surface area (Å²) in [5.41, 5.74) is 5.41. The molecular weight excluding hydrogens is 722 g/mol. The third-order valence-corrected chi connectivity index (χ3v) is 14.3. The van der Waals surface area contributed by atoms with Crippen molar-refractivity contribution < 1.29 is 45.7 Å². The Morgan fingerprint density at radius 1 is 1.00 bits per heavy atom. The van der Waals surface area contributed by atoms with Crippen molar-refractivity contribution in [2.24, 2.45) is 0 Å². The van der Waals surface area contributed by atoms with Gasteiger partial charge in [0.25, 0.3) is 5.56 Å². The molecule has 3 saturated heterocycles. The molecule has 4 aromatic heterocycles. The summed E-state index contributed by atoms with van der Waals surface area (Å²) >= 11 is 4.83. The van der Waals surface area contributed by atoms with Crippen molar-refractivity contribution in [3.05, 3.63) is 35.2 Å². The lowest BCUT2D eigenvalue weighted by Gasteiger charge is -2.27. The first kappa shape index (κ1) is 34.0. The molecule has 0 amide bonds. The van der Waals surface area contributed by atoms with Gasteiger partial charge >= 0.3 is 6.80 Å². The maximum Gasteiger partial charge on any atom is 0.389 e. The molecule has 2 unspecified atom stereocenters. The minimum Gasteiger partial charge on any atom is -0.382 e. The zero-order valence-corrected chi connectivity index (χ0v) is 28.6. The second-order valence-electron chi connectivity index (χ2n) is 11.1. The second kappa shape index (κ2) is 13.0. The number of nitrogens with zero attached hydrogens (tertiary/aromatic N) is 7. The van der Waals surface area contributed by atoms with Crippen molar-refractivity contribution in [1.82, 2.24) is 39.0 Å². The number of fused-ring (bicyclic) bond motifs is 5. The SMILES string of the molecule is CSP1(=O)OC[C@H]2O[C@@H](n3cnc4c(N)ncnc43)[C@H](F)[C@@H]2OCP(=O)(CS)OC[C@H]2O[C@@H](n3cnc4c(=O)[nH]c(C)nc43)[C@H](O1)[C@@H]2F. The van der Waals surface area contributed by atoms with Crippen molar-refractivity contribution in [2.45, 2.75) is 56.1 Å². The highest BCUT2D eigenvalue weighted by atomic mass is 32.7. The number of halogens is 2. The Bertz CT molecular complexity index is 2000. The molecule has 3 aliphatic rings. The molecule has 260 valence electrons. The summed E-state index contributed by atoms with van der Waals surface area (Å²) in [7, 11) is -3.79. The van der Waals surface area contributed by atoms with Gasteiger partial charge in [-0.3, -0.25) is 27.5 Å². The van der Waals surface area contributed by atoms with Crippen LogP contribution in [0.5, 0.6) is 0 Å². The molecule has 4 aromatic rings. The van der Waals surface area contributed by atoms with Gasteiger partial charge in [0.2, 0.25) is 7.37 Å². The molecule has 48 heavy (non-hydrogen) atoms. The van der Waals surface area contributed by atoms with Crippen LogP contribution < -0.4 is 11.3 Å². The van der Waals surface area contributed by atoms with E-state index in [0.717, 1.165) is 0 Å². The second-order valence-corrected chi connectivity index (χ2v) is 18.5. The molecule has 18 nitrogen and oxygen atoms in total. The highest BCUT2D eigenvalue weighted by Gasteiger charge is 2.53. The summed E-state index contributed by atoms with van der Waals surface area (Å²) in [5.74, 6) is 0.322. The van der Waals surface area contributed by atoms with Crippen LogP contribution in [-0.4, -0.2) is 107 Å². The van der Waals surface area contributed by atoms with Gasteiger partial charge in [-0.05, 0) is 24.6 Å². The predicted octanol–water partition coefficient (Wildman–Crippen LogP) is 2.73. The van der Waals surface area contributed by atoms with Gasteiger partial charge in [-0.15, -0.1) is 0 Å². The van der Waals surface area contributed by atoms with Gasteiger partial charge in [0.15, 0.2) is 47.4 Å². The van der Waals surface area contributed by atoms with E-state index in [2.05, 4.69) is 42.5 Å². The van der Waals surface area contributed by atoms with Crippen LogP contribution in [0.25, 0.3) is 22.3 Å². The third kappa shape index (κ3) is 5.99. The average Bonchev–Trinajstić information content (AvgIpc) is 3.83. The van der Waals surface area contributed by atoms with Gasteiger partial charge in [-0.2, -0.15) is 12.6 Å². The van der Waals surface area contributed by atoms with Crippen LogP contribution in [0.1, 0.15) is 18.3 Å². The van der Waals surface area contributed by atoms with Crippen molar-refractivity contribution in [3.8, 4) is 0 Å². The topological polar surface area (TPSA) is 223 Å². The number of alkyl halides is 2. The van der Waals surface area contributed by atoms with Crippen molar-refractivity contribution in [2.75, 3.05) is 37.0 Å². The zero-order valence-electron chi connectivity index (χ0n) is 25.1. The number of rotatable bonds is 4. The molecule has 7 heterocycles. The number of nitrogens with two attached hydrogens (primary N) is 1. The van der Waals surface area contributed by atoms with Gasteiger partial charge in [-0.25, -0.2) is 38.3 Å². The van der Waals surface area contributed by atoms with Crippen LogP contribution in [0.2, 0.25) is 0 Å². The van der Waals surface area contributed by atoms with Crippen LogP contribution in [0, 0.1) is 6.92 Å². The fourth-order valence-electron chi connectivity index (χ4n) is 5.66. The number of aromatic amines is 1. The monoisotopic (exact) mass is 751 g/mol. The maximum atomic E-state index is 16.2. The summed E-state index contributed by atoms with van der Waals surface area (Å²) in [6.07, 6.45) is -7.86. The molecule has 24 heteroatoms. The Hall–Kier alpha value is -2.52. The molecule has 0 radical (unpaired) electrons. The van der Waals surface area contributed by atoms with Gasteiger partial charge in [0.1, 0.15) is 48.4 Å². The standard InChI is InChI=1S/C24H29F2N9O9P2S2/c1-10-32-21-16(22(36)33-10)31-7-35(21)24-18-13(25)11(42-24)3-40-45(37,9-47)8-39-17-12(4-41-46(38,44-18)48-2)43-23(14(17)26)34-6-30-15-19(27)28-5-29-20(15)34/h5-7,11-14,17-18,23-24,47H,3-4,8-9H2,1-2H3,(H2,27,28,29)(H,32,33,36)/t11-,12-,13-,14-,17-,18-,23-,24-,45?,46?/m1/s1. The van der Waals surface area contributed by atoms with Crippen LogP contribution in [0.4, 0.5) is 14.6 Å². The molecule has 3 N–H and O–H groups in total. The van der Waals surface area contributed by atoms with Crippen LogP contribution in [0.3, 0.4) is 0 Å². The van der Waals surface area contributed by atoms with Crippen LogP contribution in [0.15, 0.2) is 23.8 Å². The van der Waals surface area contributed by atoms with E-state index in [-0.39, 0.29) is 39.5 Å². The third-order valence-electron chi connectivity index (χ3n) is 8.04. The lowest BCUT2D eigenvalue weighted by molar-refractivity contribution is -0.0548. The summed E-state index contributed by atoms with van der Waals surface area (Å²) < 4.78 is 97.8. The average molecular weight is 752 g/mol. The number of H-pyrrole nitrogens is 1. The normalized spacial score (nSPS) is 36.4. The number of aromatic nitrogens is 8. The Kier molecular flexibility index (Phi) is 9.18. The van der Waals surface area contributed by atoms with E-state index in [9.17, 15) is 13.9 Å². The number of nitrogen functional groups attached to an aromatic ring is 1. The smallest absolute Gasteiger partial charge is 0.382 e. The van der Waals surface area contributed by atoms with E-state index in [1.165, 1.54) is 34.4 Å². The number of aryl methyl sites for hydroxylation is 1. The summed E-state index contributed by atoms with van der Waals surface area (Å²) in [6.45, 7) is -3.83. The molecular formula is C24H29F2N9O9P2S2. The fourth-order valence-corrected chi connectivity index (χ4v) is 9.36. The zero-order chi connectivity index (χ0) is 34.0. The van der Waals surface area contributed by atoms with Gasteiger partial charge in [-0.1, -0.05) is 0 Å². The summed E-state index contributed by atoms with van der Waals surface area (Å²) in [4.78, 5) is 35.6. The van der Waals surface area contributed by atoms with E-state index in [1.807, 2.05) is 0 Å². The summed E-state index contributed by atoms with van der Waals surface area (Å²) in [5, 5.41) is 0. The molecule has 0 aliphatic carbocycles. The van der Waals surface area contributed by atoms with Crippen molar-refractivity contribution in [3.63, 3.8) is 0 Å². The van der Waals surface area contributed by atoms with Crippen molar-refractivity contribution >= 4 is 66.3 Å². The molecule has 10 atom stereocenters. The number of anilines is 1. The Labute approximate surface area is 278 Å². The van der Waals surface area contributed by atoms with Crippen LogP contribution >= 0.6 is 38.2 Å². The first-order valence-electron chi connectivity index (χ1n) is 14.3. The number of thiol groups is 1. The van der Waals surface area contributed by atoms with Crippen molar-refractivity contribution in [1.29, 1.82) is 0 Å². The van der Waals surface area contributed by atoms with E-state index in [0.29, 0.717) is 11.4 Å². The number of hydrogen-bond acceptors (Lipinski definition) is 17. The number of imidazole rings is 2. The molecule has 3 aliphatic heterocycles. The quantitative estimate of drug-likeness (QED) is 0.201. The van der Waals surface area contributed by atoms with Gasteiger partial charge in [0, 0.05) is 0 Å². The molecule has 2 bridgehead atoms. The number of hydrogen-bond donors (Lipinski definition) is 3. The Morgan fingerprint density at radius 2 is 1.71 bits per heavy atom. The van der Waals surface area contributed by atoms with E-state index in [4.69, 9.17) is 33.5 Å². The first-order valence-corrected chi connectivity index (χ1v) is 20.3. The van der Waals surface area contributed by atoms with E-state index < -0.39 is 88.5 Å². The van der Waals surface area contributed by atoms with E-state index in [1.54, 1.807) is 6.92 Å². The largest absolute Gasteiger partial charge is 0.389 e. The number of nitrogens with one attached hydrogen (secondary N) is 1. The lowest BCUT2D eigenvalue weighted by Crippen LogP contribution is -2.36. The maximum absolute atomic E-state index is 16.2. The van der Waals surface area contributed by atoms with E-state index >= 15 is 8.78 Å². The van der Waals surface area contributed by atoms with Crippen LogP contribution in [-0.2, 0) is 36.9 Å². The summed E-state index contributed by atoms with van der Waals surface area (Å²) in [6, 6.07) is 0.